The summed E-state index contributed by atoms with van der Waals surface area (Å²) in [5.41, 5.74) is -0.525. The summed E-state index contributed by atoms with van der Waals surface area (Å²) in [5.74, 6) is 0. The quantitative estimate of drug-likeness (QED) is 0.455. The fraction of sp³-hybridized carbons (Fsp3) is 0.286. The van der Waals surface area contributed by atoms with Crippen molar-refractivity contribution in [2.45, 2.75) is 6.92 Å². The first-order valence-corrected chi connectivity index (χ1v) is 3.34. The smallest absolute Gasteiger partial charge is 0.313 e. The number of hydrogen-bond acceptors (Lipinski definition) is 3. The molecule has 0 amide bonds. The van der Waals surface area contributed by atoms with Crippen molar-refractivity contribution in [3.63, 3.8) is 0 Å². The fourth-order valence-corrected chi connectivity index (χ4v) is 0.928. The molecule has 0 fully saturated rings. The van der Waals surface area contributed by atoms with Crippen LogP contribution >= 0.6 is 0 Å². The maximum absolute atomic E-state index is 11.2. The Labute approximate surface area is 68.4 Å². The van der Waals surface area contributed by atoms with Crippen LogP contribution in [0.25, 0.3) is 0 Å². The van der Waals surface area contributed by atoms with Crippen molar-refractivity contribution in [3.05, 3.63) is 38.3 Å². The molecule has 0 saturated carbocycles. The van der Waals surface area contributed by atoms with Gasteiger partial charge in [0.1, 0.15) is 0 Å². The van der Waals surface area contributed by atoms with E-state index in [0.29, 0.717) is 5.56 Å². The minimum Gasteiger partial charge on any atom is -0.313 e. The highest BCUT2D eigenvalue weighted by atomic mass is 16.6. The van der Waals surface area contributed by atoms with Gasteiger partial charge in [-0.25, -0.2) is 0 Å². The Morgan fingerprint density at radius 3 is 2.58 bits per heavy atom. The Balaban J connectivity index is 3.55. The predicted octanol–water partition coefficient (Wildman–Crippen LogP) is 0.602. The van der Waals surface area contributed by atoms with Gasteiger partial charge in [-0.2, -0.15) is 0 Å². The summed E-state index contributed by atoms with van der Waals surface area (Å²) < 4.78 is 1.19. The molecule has 1 rings (SSSR count). The summed E-state index contributed by atoms with van der Waals surface area (Å²) in [5, 5.41) is 10.4. The van der Waals surface area contributed by atoms with E-state index in [2.05, 4.69) is 0 Å². The van der Waals surface area contributed by atoms with E-state index in [4.69, 9.17) is 0 Å². The van der Waals surface area contributed by atoms with Crippen molar-refractivity contribution in [2.24, 2.45) is 7.05 Å². The van der Waals surface area contributed by atoms with E-state index < -0.39 is 10.5 Å². The molecule has 0 aliphatic heterocycles. The van der Waals surface area contributed by atoms with E-state index in [1.54, 1.807) is 13.0 Å². The highest BCUT2D eigenvalue weighted by Gasteiger charge is 2.16. The second kappa shape index (κ2) is 2.77. The highest BCUT2D eigenvalue weighted by Crippen LogP contribution is 2.09. The normalized spacial score (nSPS) is 9.83. The maximum atomic E-state index is 11.2. The SMILES string of the molecule is Cc1ccn(C)c(=O)c1[N+](=O)[O-]. The van der Waals surface area contributed by atoms with E-state index in [1.807, 2.05) is 0 Å². The molecule has 12 heavy (non-hydrogen) atoms. The molecule has 0 N–H and O–H groups in total. The van der Waals surface area contributed by atoms with Gasteiger partial charge >= 0.3 is 11.2 Å². The fourth-order valence-electron chi connectivity index (χ4n) is 0.928. The Morgan fingerprint density at radius 2 is 2.17 bits per heavy atom. The molecule has 1 heterocycles. The van der Waals surface area contributed by atoms with Crippen molar-refractivity contribution >= 4 is 5.69 Å². The number of hydrogen-bond donors (Lipinski definition) is 0. The van der Waals surface area contributed by atoms with Crippen LogP contribution in [0.5, 0.6) is 0 Å². The molecule has 5 nitrogen and oxygen atoms in total. The third-order valence-corrected chi connectivity index (χ3v) is 1.63. The van der Waals surface area contributed by atoms with Crippen molar-refractivity contribution < 1.29 is 4.92 Å². The third kappa shape index (κ3) is 1.20. The van der Waals surface area contributed by atoms with Gasteiger partial charge in [0.15, 0.2) is 0 Å². The van der Waals surface area contributed by atoms with Crippen molar-refractivity contribution in [1.29, 1.82) is 0 Å². The number of rotatable bonds is 1. The van der Waals surface area contributed by atoms with Crippen molar-refractivity contribution in [2.75, 3.05) is 0 Å². The van der Waals surface area contributed by atoms with Gasteiger partial charge in [-0.3, -0.25) is 14.9 Å². The molecule has 0 atom stereocenters. The van der Waals surface area contributed by atoms with Crippen LogP contribution in [0.1, 0.15) is 5.56 Å². The van der Waals surface area contributed by atoms with E-state index in [9.17, 15) is 14.9 Å². The number of aromatic nitrogens is 1. The number of aryl methyl sites for hydroxylation is 2. The number of nitro groups is 1. The summed E-state index contributed by atoms with van der Waals surface area (Å²) in [4.78, 5) is 20.9. The van der Waals surface area contributed by atoms with Gasteiger partial charge in [-0.05, 0) is 13.0 Å². The van der Waals surface area contributed by atoms with Crippen LogP contribution in [-0.2, 0) is 7.05 Å². The van der Waals surface area contributed by atoms with Crippen LogP contribution in [0, 0.1) is 17.0 Å². The second-order valence-corrected chi connectivity index (χ2v) is 2.52. The predicted molar refractivity (Wildman–Crippen MR) is 43.1 cm³/mol. The van der Waals surface area contributed by atoms with E-state index >= 15 is 0 Å². The number of pyridine rings is 1. The van der Waals surface area contributed by atoms with E-state index in [0.717, 1.165) is 0 Å². The topological polar surface area (TPSA) is 65.1 Å². The average molecular weight is 168 g/mol. The molecule has 0 saturated heterocycles. The van der Waals surface area contributed by atoms with Gasteiger partial charge in [-0.15, -0.1) is 0 Å². The highest BCUT2D eigenvalue weighted by molar-refractivity contribution is 5.35. The zero-order chi connectivity index (χ0) is 9.30. The summed E-state index contributed by atoms with van der Waals surface area (Å²) in [6, 6.07) is 1.54. The molecule has 1 aromatic rings. The Hall–Kier alpha value is -1.65. The Kier molecular flexibility index (Phi) is 1.95. The largest absolute Gasteiger partial charge is 0.336 e. The van der Waals surface area contributed by atoms with Gasteiger partial charge in [-0.1, -0.05) is 0 Å². The monoisotopic (exact) mass is 168 g/mol. The van der Waals surface area contributed by atoms with Crippen LogP contribution in [0.15, 0.2) is 17.1 Å². The van der Waals surface area contributed by atoms with Gasteiger partial charge < -0.3 is 4.57 Å². The van der Waals surface area contributed by atoms with Crippen LogP contribution in [0.2, 0.25) is 0 Å². The lowest BCUT2D eigenvalue weighted by atomic mass is 10.2. The van der Waals surface area contributed by atoms with Gasteiger partial charge in [0, 0.05) is 18.8 Å². The Morgan fingerprint density at radius 1 is 1.58 bits per heavy atom. The van der Waals surface area contributed by atoms with Crippen molar-refractivity contribution in [1.82, 2.24) is 4.57 Å². The lowest BCUT2D eigenvalue weighted by Crippen LogP contribution is -2.19. The van der Waals surface area contributed by atoms with E-state index in [1.165, 1.54) is 17.8 Å². The van der Waals surface area contributed by atoms with Crippen molar-refractivity contribution in [3.8, 4) is 0 Å². The first kappa shape index (κ1) is 8.45. The molecule has 0 aromatic carbocycles. The lowest BCUT2D eigenvalue weighted by molar-refractivity contribution is -0.387. The molecule has 0 spiro atoms. The van der Waals surface area contributed by atoms with Crippen LogP contribution in [0.3, 0.4) is 0 Å². The lowest BCUT2D eigenvalue weighted by Gasteiger charge is -1.98. The minimum atomic E-state index is -0.655. The summed E-state index contributed by atoms with van der Waals surface area (Å²) in [7, 11) is 1.48. The first-order chi connectivity index (χ1) is 5.54. The maximum Gasteiger partial charge on any atom is 0.336 e. The molecular weight excluding hydrogens is 160 g/mol. The van der Waals surface area contributed by atoms with Gasteiger partial charge in [0.25, 0.3) is 0 Å². The average Bonchev–Trinajstić information content (AvgIpc) is 1.97. The Bertz CT molecular complexity index is 381. The second-order valence-electron chi connectivity index (χ2n) is 2.52. The zero-order valence-corrected chi connectivity index (χ0v) is 6.77. The van der Waals surface area contributed by atoms with Gasteiger partial charge in [0.2, 0.25) is 0 Å². The number of nitrogens with zero attached hydrogens (tertiary/aromatic N) is 2. The zero-order valence-electron chi connectivity index (χ0n) is 6.77. The molecule has 0 aliphatic rings. The van der Waals surface area contributed by atoms with E-state index in [-0.39, 0.29) is 5.69 Å². The summed E-state index contributed by atoms with van der Waals surface area (Å²) in [6.45, 7) is 1.54. The molecular formula is C7H8N2O3. The van der Waals surface area contributed by atoms with Crippen LogP contribution in [-0.4, -0.2) is 9.49 Å². The molecule has 1 aromatic heterocycles. The third-order valence-electron chi connectivity index (χ3n) is 1.63. The molecule has 0 aliphatic carbocycles. The van der Waals surface area contributed by atoms with Crippen LogP contribution in [0.4, 0.5) is 5.69 Å². The minimum absolute atomic E-state index is 0.347. The molecule has 5 heteroatoms. The molecule has 0 unspecified atom stereocenters. The van der Waals surface area contributed by atoms with Crippen LogP contribution < -0.4 is 5.56 Å². The molecule has 64 valence electrons. The van der Waals surface area contributed by atoms with Gasteiger partial charge in [0.05, 0.1) is 4.92 Å². The first-order valence-electron chi connectivity index (χ1n) is 3.34. The molecule has 0 radical (unpaired) electrons. The molecule has 0 bridgehead atoms. The summed E-state index contributed by atoms with van der Waals surface area (Å²) >= 11 is 0. The summed E-state index contributed by atoms with van der Waals surface area (Å²) in [6.07, 6.45) is 1.50. The standard InChI is InChI=1S/C7H8N2O3/c1-5-3-4-8(2)7(10)6(5)9(11)12/h3-4H,1-2H3.